The van der Waals surface area contributed by atoms with Crippen molar-refractivity contribution in [3.8, 4) is 0 Å². The van der Waals surface area contributed by atoms with Gasteiger partial charge in [-0.2, -0.15) is 0 Å². The molecule has 2 saturated heterocycles. The average Bonchev–Trinajstić information content (AvgIpc) is 2.97. The molecule has 0 unspecified atom stereocenters. The Morgan fingerprint density at radius 2 is 0.869 bits per heavy atom. The molecule has 84 heavy (non-hydrogen) atoms. The number of ketones is 1. The van der Waals surface area contributed by atoms with E-state index in [1.165, 1.54) is 9.80 Å². The van der Waals surface area contributed by atoms with Crippen molar-refractivity contribution in [3.05, 3.63) is 178 Å². The first-order chi connectivity index (χ1) is 39.8. The molecule has 2 fully saturated rings. The molecule has 17 heteroatoms. The summed E-state index contributed by atoms with van der Waals surface area (Å²) in [7, 11) is 3.31. The number of nitrogens with one attached hydrogen (secondary N) is 7. The lowest BCUT2D eigenvalue weighted by Crippen LogP contribution is -2.59. The van der Waals surface area contributed by atoms with Crippen molar-refractivity contribution in [2.24, 2.45) is 16.7 Å². The number of benzene rings is 5. The van der Waals surface area contributed by atoms with Gasteiger partial charge in [-0.1, -0.05) is 174 Å². The molecule has 7 rings (SSSR count). The van der Waals surface area contributed by atoms with Crippen LogP contribution in [0.1, 0.15) is 141 Å². The molecule has 2 heterocycles. The topological polar surface area (TPSA) is 227 Å². The van der Waals surface area contributed by atoms with Crippen molar-refractivity contribution < 1.29 is 38.4 Å². The van der Waals surface area contributed by atoms with Crippen LogP contribution in [0.4, 0.5) is 0 Å². The van der Waals surface area contributed by atoms with Gasteiger partial charge in [0.1, 0.15) is 24.2 Å². The molecule has 2 aliphatic rings. The highest BCUT2D eigenvalue weighted by Gasteiger charge is 2.48. The molecule has 7 amide bonds. The molecule has 0 spiro atoms. The van der Waals surface area contributed by atoms with Gasteiger partial charge >= 0.3 is 0 Å². The Hall–Kier alpha value is -8.02. The van der Waals surface area contributed by atoms with Gasteiger partial charge in [0.25, 0.3) is 5.91 Å². The third-order valence-electron chi connectivity index (χ3n) is 16.3. The standard InChI is InChI=1S/C67H85N9O8/c1-40-23-27-48(28-24-40)55(46-19-15-13-16-20-46)71-62(81)52-35-44(38-75(52)64(83)57(66(5,6)7)73-59(78)42(3)68-11)36-54(77)45-31-33-50(34-32-45)61(80)70-51-37-53(76(39-51)65(84)58(67(8,9)10)74-60(79)43(4)69-12)63(82)72-56(47-21-17-14-18-22-47)49-29-25-41(2)26-30-49/h13-34,42-44,51-53,55-58,68-69H,35-39H2,1-12H3,(H,70,80)(H,71,81)(H,72,82)(H,73,78)(H,74,79)/t42-,43-,44+,51-,52-,53-,55-,56-,57+,58+/m0/s1. The maximum Gasteiger partial charge on any atom is 0.251 e. The van der Waals surface area contributed by atoms with Crippen LogP contribution in [0.5, 0.6) is 0 Å². The number of amides is 7. The molecular formula is C67H85N9O8. The van der Waals surface area contributed by atoms with Crippen molar-refractivity contribution in [2.45, 2.75) is 143 Å². The SMILES string of the molecule is CN[C@@H](C)C(=O)N[C@H](C(=O)N1C[C@@H](CC(=O)c2ccc(C(=O)N[C@H]3C[C@@H](C(=O)N[C@@H](c4ccccc4)c4ccc(C)cc4)N(C(=O)[C@@H](NC(=O)[C@H](C)NC)C(C)(C)C)C3)cc2)C[C@H]1C(=O)N[C@@H](c1ccccc1)c1ccc(C)cc1)C(C)(C)C. The van der Waals surface area contributed by atoms with E-state index >= 15 is 0 Å². The van der Waals surface area contributed by atoms with Crippen molar-refractivity contribution in [3.63, 3.8) is 0 Å². The Morgan fingerprint density at radius 3 is 1.27 bits per heavy atom. The first-order valence-corrected chi connectivity index (χ1v) is 29.1. The van der Waals surface area contributed by atoms with Crippen LogP contribution < -0.4 is 37.2 Å². The van der Waals surface area contributed by atoms with Crippen molar-refractivity contribution >= 4 is 47.1 Å². The summed E-state index contributed by atoms with van der Waals surface area (Å²) in [5.74, 6) is -3.67. The minimum absolute atomic E-state index is 0.0170. The molecule has 5 aromatic rings. The van der Waals surface area contributed by atoms with E-state index in [1.807, 2.05) is 165 Å². The van der Waals surface area contributed by atoms with E-state index in [0.717, 1.165) is 33.4 Å². The number of nitrogens with zero attached hydrogens (tertiary/aromatic N) is 2. The summed E-state index contributed by atoms with van der Waals surface area (Å²) < 4.78 is 0. The Labute approximate surface area is 495 Å². The highest BCUT2D eigenvalue weighted by Crippen LogP contribution is 2.34. The van der Waals surface area contributed by atoms with E-state index in [2.05, 4.69) is 37.2 Å². The number of Topliss-reactive ketones (excluding diaryl/α,β-unsaturated/α-hetero) is 1. The molecule has 0 radical (unpaired) electrons. The number of aryl methyl sites for hydroxylation is 2. The third-order valence-corrected chi connectivity index (χ3v) is 16.3. The Balaban J connectivity index is 1.10. The van der Waals surface area contributed by atoms with Gasteiger partial charge in [-0.15, -0.1) is 0 Å². The summed E-state index contributed by atoms with van der Waals surface area (Å²) in [5.41, 5.74) is 4.52. The van der Waals surface area contributed by atoms with E-state index in [4.69, 9.17) is 0 Å². The number of hydrogen-bond acceptors (Lipinski definition) is 10. The third kappa shape index (κ3) is 15.8. The summed E-state index contributed by atoms with van der Waals surface area (Å²) in [5, 5.41) is 21.2. The highest BCUT2D eigenvalue weighted by atomic mass is 16.2. The van der Waals surface area contributed by atoms with E-state index in [0.29, 0.717) is 5.56 Å². The summed E-state index contributed by atoms with van der Waals surface area (Å²) in [4.78, 5) is 117. The smallest absolute Gasteiger partial charge is 0.251 e. The van der Waals surface area contributed by atoms with E-state index in [-0.39, 0.29) is 55.5 Å². The summed E-state index contributed by atoms with van der Waals surface area (Å²) >= 11 is 0. The van der Waals surface area contributed by atoms with E-state index in [9.17, 15) is 38.4 Å². The maximum atomic E-state index is 14.9. The first-order valence-electron chi connectivity index (χ1n) is 29.1. The van der Waals surface area contributed by atoms with Crippen molar-refractivity contribution in [1.82, 2.24) is 47.0 Å². The second-order valence-electron chi connectivity index (χ2n) is 24.9. The first kappa shape index (κ1) is 63.6. The van der Waals surface area contributed by atoms with Gasteiger partial charge in [-0.25, -0.2) is 0 Å². The van der Waals surface area contributed by atoms with Crippen LogP contribution >= 0.6 is 0 Å². The molecule has 2 aliphatic heterocycles. The Bertz CT molecular complexity index is 2910. The predicted octanol–water partition coefficient (Wildman–Crippen LogP) is 6.88. The van der Waals surface area contributed by atoms with Crippen LogP contribution in [0.2, 0.25) is 0 Å². The molecule has 17 nitrogen and oxygen atoms in total. The molecular weight excluding hydrogens is 1060 g/mol. The maximum absolute atomic E-state index is 14.9. The average molecular weight is 1140 g/mol. The fourth-order valence-electron chi connectivity index (χ4n) is 10.9. The Morgan fingerprint density at radius 1 is 0.488 bits per heavy atom. The lowest BCUT2D eigenvalue weighted by molar-refractivity contribution is -0.144. The van der Waals surface area contributed by atoms with Crippen LogP contribution in [0.25, 0.3) is 0 Å². The lowest BCUT2D eigenvalue weighted by atomic mass is 9.85. The number of rotatable bonds is 21. The van der Waals surface area contributed by atoms with Crippen molar-refractivity contribution in [1.29, 1.82) is 0 Å². The molecule has 0 aromatic heterocycles. The number of likely N-dealkylation sites (N-methyl/N-ethyl adjacent to an activating group) is 2. The molecule has 5 aromatic carbocycles. The zero-order chi connectivity index (χ0) is 61.2. The largest absolute Gasteiger partial charge is 0.347 e. The molecule has 0 bridgehead atoms. The highest BCUT2D eigenvalue weighted by molar-refractivity contribution is 6.00. The summed E-state index contributed by atoms with van der Waals surface area (Å²) in [6.45, 7) is 18.5. The summed E-state index contributed by atoms with van der Waals surface area (Å²) in [6, 6.07) is 34.0. The van der Waals surface area contributed by atoms with Gasteiger partial charge in [0.2, 0.25) is 35.4 Å². The minimum Gasteiger partial charge on any atom is -0.347 e. The number of carbonyl (C=O) groups is 8. The van der Waals surface area contributed by atoms with Crippen LogP contribution in [-0.2, 0) is 28.8 Å². The molecule has 7 N–H and O–H groups in total. The van der Waals surface area contributed by atoms with Gasteiger partial charge in [0, 0.05) is 36.7 Å². The molecule has 10 atom stereocenters. The summed E-state index contributed by atoms with van der Waals surface area (Å²) in [6.07, 6.45) is 0.230. The van der Waals surface area contributed by atoms with E-state index < -0.39 is 101 Å². The van der Waals surface area contributed by atoms with Gasteiger partial charge in [-0.3, -0.25) is 38.4 Å². The van der Waals surface area contributed by atoms with E-state index in [1.54, 1.807) is 52.2 Å². The van der Waals surface area contributed by atoms with Crippen LogP contribution in [-0.4, -0.2) is 126 Å². The Kier molecular flexibility index (Phi) is 20.9. The quantitative estimate of drug-likeness (QED) is 0.0377. The fourth-order valence-corrected chi connectivity index (χ4v) is 10.9. The fraction of sp³-hybridized carbons (Fsp3) is 0.433. The second-order valence-corrected chi connectivity index (χ2v) is 24.9. The predicted molar refractivity (Wildman–Crippen MR) is 325 cm³/mol. The molecule has 0 saturated carbocycles. The zero-order valence-electron chi connectivity index (χ0n) is 50.7. The minimum atomic E-state index is -1.03. The van der Waals surface area contributed by atoms with Crippen LogP contribution in [0.3, 0.4) is 0 Å². The number of carbonyl (C=O) groups excluding carboxylic acids is 8. The normalized spacial score (nSPS) is 19.2. The monoisotopic (exact) mass is 1140 g/mol. The molecule has 446 valence electrons. The van der Waals surface area contributed by atoms with Gasteiger partial charge in [0.15, 0.2) is 5.78 Å². The van der Waals surface area contributed by atoms with Gasteiger partial charge < -0.3 is 47.0 Å². The molecule has 0 aliphatic carbocycles. The van der Waals surface area contributed by atoms with Crippen LogP contribution in [0.15, 0.2) is 133 Å². The number of likely N-dealkylation sites (tertiary alicyclic amines) is 2. The second kappa shape index (κ2) is 27.6. The van der Waals surface area contributed by atoms with Crippen LogP contribution in [0, 0.1) is 30.6 Å². The zero-order valence-corrected chi connectivity index (χ0v) is 50.7. The number of hydrogen-bond donors (Lipinski definition) is 7. The van der Waals surface area contributed by atoms with Crippen molar-refractivity contribution in [2.75, 3.05) is 27.2 Å². The van der Waals surface area contributed by atoms with Gasteiger partial charge in [0.05, 0.1) is 24.2 Å². The lowest BCUT2D eigenvalue weighted by Gasteiger charge is -2.36. The van der Waals surface area contributed by atoms with Gasteiger partial charge in [-0.05, 0) is 106 Å².